The summed E-state index contributed by atoms with van der Waals surface area (Å²) in [6.07, 6.45) is -2.28. The number of carbonyl (C=O) groups is 3. The number of aryl methyl sites for hydroxylation is 1. The van der Waals surface area contributed by atoms with Gasteiger partial charge in [0.05, 0.1) is 27.1 Å². The molecule has 3 N–H and O–H groups in total. The molecule has 2 amide bonds. The summed E-state index contributed by atoms with van der Waals surface area (Å²) in [5.41, 5.74) is 2.02. The number of hydrogen-bond donors (Lipinski definition) is 3. The van der Waals surface area contributed by atoms with Gasteiger partial charge in [0.1, 0.15) is 23.6 Å². The molecule has 11 nitrogen and oxygen atoms in total. The fourth-order valence-electron chi connectivity index (χ4n) is 5.62. The van der Waals surface area contributed by atoms with Gasteiger partial charge in [0.25, 0.3) is 5.91 Å². The molecule has 0 fully saturated rings. The topological polar surface area (TPSA) is 148 Å². The number of methoxy groups -OCH3 is 2. The van der Waals surface area contributed by atoms with Crippen LogP contribution >= 0.6 is 11.6 Å². The second kappa shape index (κ2) is 14.0. The fraction of sp³-hybridized carbons (Fsp3) is 0.343. The van der Waals surface area contributed by atoms with Gasteiger partial charge in [-0.3, -0.25) is 14.4 Å². The third-order valence-corrected chi connectivity index (χ3v) is 8.18. The number of fused-ring (bicyclic) bond motifs is 2. The summed E-state index contributed by atoms with van der Waals surface area (Å²) in [6, 6.07) is 17.3. The Kier molecular flexibility index (Phi) is 10.1. The summed E-state index contributed by atoms with van der Waals surface area (Å²) >= 11 is 6.49. The molecule has 0 aliphatic carbocycles. The zero-order valence-electron chi connectivity index (χ0n) is 26.5. The minimum Gasteiger partial charge on any atom is -0.493 e. The van der Waals surface area contributed by atoms with Crippen LogP contribution in [0.1, 0.15) is 49.7 Å². The molecular weight excluding hydrogens is 628 g/mol. The number of halogens is 1. The summed E-state index contributed by atoms with van der Waals surface area (Å²) in [7, 11) is 3.03. The molecule has 2 atom stereocenters. The number of carbonyl (C=O) groups excluding carboxylic acids is 2. The molecule has 12 heteroatoms. The van der Waals surface area contributed by atoms with Crippen LogP contribution in [0.4, 0.5) is 11.4 Å². The van der Waals surface area contributed by atoms with Crippen LogP contribution in [0.5, 0.6) is 11.5 Å². The van der Waals surface area contributed by atoms with E-state index in [9.17, 15) is 19.5 Å². The minimum atomic E-state index is -1.24. The van der Waals surface area contributed by atoms with Crippen LogP contribution in [-0.2, 0) is 25.5 Å². The number of para-hydroxylation sites is 1. The Bertz CT molecular complexity index is 1800. The molecule has 5 rings (SSSR count). The summed E-state index contributed by atoms with van der Waals surface area (Å²) in [4.78, 5) is 40.4. The highest BCUT2D eigenvalue weighted by Gasteiger charge is 2.40. The van der Waals surface area contributed by atoms with Crippen molar-refractivity contribution in [1.82, 2.24) is 0 Å². The second-order valence-corrected chi connectivity index (χ2v) is 12.6. The smallest absolute Gasteiger partial charge is 0.303 e. The third-order valence-electron chi connectivity index (χ3n) is 7.94. The minimum absolute atomic E-state index is 0.0654. The SMILES string of the molecule is COc1cccc([C@H]2O[C@H](CC(=O)Nc3ccc4oc(CCC(=O)O)cc4c3)C(=O)N(CC(C)(C)CO)c3ccc(Cl)cc32)c1OC. The molecule has 0 radical (unpaired) electrons. The van der Waals surface area contributed by atoms with Crippen molar-refractivity contribution in [3.8, 4) is 11.5 Å². The van der Waals surface area contributed by atoms with Crippen LogP contribution in [-0.4, -0.2) is 61.5 Å². The molecule has 47 heavy (non-hydrogen) atoms. The number of aliphatic carboxylic acids is 1. The molecule has 2 heterocycles. The number of benzene rings is 3. The summed E-state index contributed by atoms with van der Waals surface area (Å²) in [5.74, 6) is -0.469. The van der Waals surface area contributed by atoms with E-state index < -0.39 is 35.4 Å². The van der Waals surface area contributed by atoms with E-state index in [2.05, 4.69) is 5.32 Å². The average molecular weight is 665 g/mol. The highest BCUT2D eigenvalue weighted by atomic mass is 35.5. The standard InChI is InChI=1S/C35H37ClN2O9/c1-35(2,19-39)18-38-26-11-8-21(36)16-25(26)32(24-6-5-7-28(44-3)33(24)45-4)47-29(34(38)43)17-30(40)37-22-9-12-27-20(14-22)15-23(46-27)10-13-31(41)42/h5-9,11-12,14-16,29,32,39H,10,13,17-19H2,1-4H3,(H,37,40)(H,41,42)/t29-,32-/m1/s1. The van der Waals surface area contributed by atoms with Crippen molar-refractivity contribution >= 4 is 51.7 Å². The Morgan fingerprint density at radius 2 is 1.83 bits per heavy atom. The molecule has 1 aliphatic rings. The van der Waals surface area contributed by atoms with Crippen LogP contribution in [0.15, 0.2) is 65.1 Å². The number of nitrogens with zero attached hydrogens (tertiary/aromatic N) is 1. The van der Waals surface area contributed by atoms with E-state index in [0.29, 0.717) is 55.8 Å². The fourth-order valence-corrected chi connectivity index (χ4v) is 5.80. The van der Waals surface area contributed by atoms with Gasteiger partial charge in [-0.05, 0) is 48.5 Å². The third kappa shape index (κ3) is 7.54. The molecule has 0 bridgehead atoms. The monoisotopic (exact) mass is 664 g/mol. The van der Waals surface area contributed by atoms with Crippen molar-refractivity contribution in [2.75, 3.05) is 37.6 Å². The van der Waals surface area contributed by atoms with Gasteiger partial charge < -0.3 is 39.1 Å². The van der Waals surface area contributed by atoms with E-state index in [0.717, 1.165) is 0 Å². The number of nitrogens with one attached hydrogen (secondary N) is 1. The summed E-state index contributed by atoms with van der Waals surface area (Å²) in [5, 5.41) is 23.1. The molecule has 0 saturated heterocycles. The first-order chi connectivity index (χ1) is 22.4. The number of carboxylic acid groups (broad SMARTS) is 1. The van der Waals surface area contributed by atoms with Gasteiger partial charge in [-0.25, -0.2) is 0 Å². The summed E-state index contributed by atoms with van der Waals surface area (Å²) in [6.45, 7) is 3.63. The number of amides is 2. The largest absolute Gasteiger partial charge is 0.493 e. The Morgan fingerprint density at radius 3 is 2.53 bits per heavy atom. The first kappa shape index (κ1) is 33.8. The average Bonchev–Trinajstić information content (AvgIpc) is 3.42. The van der Waals surface area contributed by atoms with Crippen LogP contribution in [0, 0.1) is 5.41 Å². The zero-order valence-corrected chi connectivity index (χ0v) is 27.3. The van der Waals surface area contributed by atoms with E-state index in [-0.39, 0.29) is 32.4 Å². The molecule has 1 aromatic heterocycles. The predicted octanol–water partition coefficient (Wildman–Crippen LogP) is 5.99. The van der Waals surface area contributed by atoms with Gasteiger partial charge in [0.15, 0.2) is 11.5 Å². The lowest BCUT2D eigenvalue weighted by Crippen LogP contribution is -2.46. The number of hydrogen-bond acceptors (Lipinski definition) is 8. The Hall–Kier alpha value is -4.58. The maximum atomic E-state index is 14.3. The number of furan rings is 1. The lowest BCUT2D eigenvalue weighted by molar-refractivity contribution is -0.137. The first-order valence-corrected chi connectivity index (χ1v) is 15.4. The predicted molar refractivity (Wildman–Crippen MR) is 176 cm³/mol. The molecule has 4 aromatic rings. The van der Waals surface area contributed by atoms with E-state index >= 15 is 0 Å². The van der Waals surface area contributed by atoms with Gasteiger partial charge in [-0.15, -0.1) is 0 Å². The molecule has 3 aromatic carbocycles. The van der Waals surface area contributed by atoms with Crippen molar-refractivity contribution in [3.05, 3.63) is 82.6 Å². The maximum absolute atomic E-state index is 14.3. The van der Waals surface area contributed by atoms with E-state index in [1.807, 2.05) is 13.8 Å². The number of aliphatic hydroxyl groups is 1. The van der Waals surface area contributed by atoms with E-state index in [1.54, 1.807) is 65.6 Å². The van der Waals surface area contributed by atoms with E-state index in [4.69, 9.17) is 35.3 Å². The normalized spacial score (nSPS) is 16.5. The van der Waals surface area contributed by atoms with Crippen LogP contribution in [0.2, 0.25) is 5.02 Å². The lowest BCUT2D eigenvalue weighted by Gasteiger charge is -2.32. The number of anilines is 2. The molecule has 1 aliphatic heterocycles. The quantitative estimate of drug-likeness (QED) is 0.166. The number of carboxylic acids is 1. The van der Waals surface area contributed by atoms with Crippen molar-refractivity contribution in [1.29, 1.82) is 0 Å². The van der Waals surface area contributed by atoms with Crippen LogP contribution < -0.4 is 19.7 Å². The Labute approximate surface area is 277 Å². The van der Waals surface area contributed by atoms with Gasteiger partial charge in [0.2, 0.25) is 5.91 Å². The lowest BCUT2D eigenvalue weighted by atomic mass is 9.92. The molecule has 0 unspecified atom stereocenters. The van der Waals surface area contributed by atoms with Crippen molar-refractivity contribution < 1.29 is 43.2 Å². The number of ether oxygens (including phenoxy) is 3. The van der Waals surface area contributed by atoms with Crippen molar-refractivity contribution in [2.24, 2.45) is 5.41 Å². The van der Waals surface area contributed by atoms with Gasteiger partial charge >= 0.3 is 5.97 Å². The highest BCUT2D eigenvalue weighted by molar-refractivity contribution is 6.30. The van der Waals surface area contributed by atoms with Crippen LogP contribution in [0.3, 0.4) is 0 Å². The van der Waals surface area contributed by atoms with Crippen LogP contribution in [0.25, 0.3) is 11.0 Å². The number of rotatable bonds is 12. The van der Waals surface area contributed by atoms with Crippen molar-refractivity contribution in [2.45, 2.75) is 45.3 Å². The molecule has 248 valence electrons. The molecular formula is C35H37ClN2O9. The Morgan fingerprint density at radius 1 is 1.04 bits per heavy atom. The van der Waals surface area contributed by atoms with Crippen molar-refractivity contribution in [3.63, 3.8) is 0 Å². The summed E-state index contributed by atoms with van der Waals surface area (Å²) < 4.78 is 23.6. The highest BCUT2D eigenvalue weighted by Crippen LogP contribution is 2.45. The number of aliphatic hydroxyl groups excluding tert-OH is 1. The van der Waals surface area contributed by atoms with E-state index in [1.165, 1.54) is 14.2 Å². The van der Waals surface area contributed by atoms with Gasteiger partial charge in [0, 0.05) is 57.9 Å². The zero-order chi connectivity index (χ0) is 33.9. The van der Waals surface area contributed by atoms with Gasteiger partial charge in [-0.2, -0.15) is 0 Å². The Balaban J connectivity index is 1.50. The maximum Gasteiger partial charge on any atom is 0.303 e. The second-order valence-electron chi connectivity index (χ2n) is 12.1. The molecule has 0 saturated carbocycles. The first-order valence-electron chi connectivity index (χ1n) is 15.0. The molecule has 0 spiro atoms. The van der Waals surface area contributed by atoms with Gasteiger partial charge in [-0.1, -0.05) is 37.6 Å².